The standard InChI is InChI=1S/C23H29ClN4O2/c1-2-28-16-20(15-25-28)26-21(29)17-8-12-27(13-9-17)22(30)23(10-3-4-11-23)18-6-5-7-19(24)14-18/h5-7,14-17H,2-4,8-13H2,1H3,(H,26,29). The highest BCUT2D eigenvalue weighted by Gasteiger charge is 2.45. The summed E-state index contributed by atoms with van der Waals surface area (Å²) in [6.45, 7) is 4.01. The van der Waals surface area contributed by atoms with Gasteiger partial charge in [0.1, 0.15) is 0 Å². The molecule has 4 rings (SSSR count). The van der Waals surface area contributed by atoms with Gasteiger partial charge < -0.3 is 10.2 Å². The van der Waals surface area contributed by atoms with E-state index in [9.17, 15) is 9.59 Å². The first kappa shape index (κ1) is 20.9. The lowest BCUT2D eigenvalue weighted by Crippen LogP contribution is -2.49. The Bertz CT molecular complexity index is 911. The maximum atomic E-state index is 13.6. The van der Waals surface area contributed by atoms with Gasteiger partial charge in [0.2, 0.25) is 11.8 Å². The molecule has 0 unspecified atom stereocenters. The summed E-state index contributed by atoms with van der Waals surface area (Å²) in [7, 11) is 0. The minimum Gasteiger partial charge on any atom is -0.342 e. The second-order valence-electron chi connectivity index (χ2n) is 8.44. The monoisotopic (exact) mass is 428 g/mol. The number of nitrogens with zero attached hydrogens (tertiary/aromatic N) is 3. The first-order valence-corrected chi connectivity index (χ1v) is 11.3. The molecule has 6 nitrogen and oxygen atoms in total. The Hall–Kier alpha value is -2.34. The molecule has 2 heterocycles. The molecule has 7 heteroatoms. The highest BCUT2D eigenvalue weighted by atomic mass is 35.5. The lowest BCUT2D eigenvalue weighted by molar-refractivity contribution is -0.140. The summed E-state index contributed by atoms with van der Waals surface area (Å²) in [5, 5.41) is 7.83. The van der Waals surface area contributed by atoms with Crippen LogP contribution in [0.1, 0.15) is 51.0 Å². The number of benzene rings is 1. The molecule has 0 bridgehead atoms. The number of hydrogen-bond donors (Lipinski definition) is 1. The van der Waals surface area contributed by atoms with Crippen molar-refractivity contribution in [2.45, 2.75) is 57.4 Å². The number of carbonyl (C=O) groups is 2. The zero-order valence-corrected chi connectivity index (χ0v) is 18.2. The lowest BCUT2D eigenvalue weighted by atomic mass is 9.77. The van der Waals surface area contributed by atoms with Crippen molar-refractivity contribution in [2.75, 3.05) is 18.4 Å². The lowest BCUT2D eigenvalue weighted by Gasteiger charge is -2.38. The summed E-state index contributed by atoms with van der Waals surface area (Å²) in [6, 6.07) is 7.77. The molecule has 2 fully saturated rings. The number of nitrogens with one attached hydrogen (secondary N) is 1. The van der Waals surface area contributed by atoms with E-state index >= 15 is 0 Å². The van der Waals surface area contributed by atoms with E-state index in [-0.39, 0.29) is 17.7 Å². The van der Waals surface area contributed by atoms with Gasteiger partial charge in [-0.3, -0.25) is 14.3 Å². The van der Waals surface area contributed by atoms with Crippen molar-refractivity contribution >= 4 is 29.1 Å². The molecule has 0 spiro atoms. The van der Waals surface area contributed by atoms with Crippen LogP contribution in [-0.4, -0.2) is 39.6 Å². The smallest absolute Gasteiger partial charge is 0.233 e. The number of rotatable bonds is 5. The molecule has 1 aromatic heterocycles. The van der Waals surface area contributed by atoms with E-state index in [2.05, 4.69) is 10.4 Å². The van der Waals surface area contributed by atoms with Gasteiger partial charge in [0.15, 0.2) is 0 Å². The van der Waals surface area contributed by atoms with Crippen molar-refractivity contribution in [2.24, 2.45) is 5.92 Å². The fraction of sp³-hybridized carbons (Fsp3) is 0.522. The maximum absolute atomic E-state index is 13.6. The topological polar surface area (TPSA) is 67.2 Å². The van der Waals surface area contributed by atoms with E-state index in [0.717, 1.165) is 43.5 Å². The average Bonchev–Trinajstić information content (AvgIpc) is 3.44. The van der Waals surface area contributed by atoms with Crippen LogP contribution >= 0.6 is 11.6 Å². The number of aromatic nitrogens is 2. The SMILES string of the molecule is CCn1cc(NC(=O)C2CCN(C(=O)C3(c4cccc(Cl)c4)CCCC3)CC2)cn1. The van der Waals surface area contributed by atoms with Crippen LogP contribution in [0.15, 0.2) is 36.7 Å². The molecule has 2 aliphatic rings. The van der Waals surface area contributed by atoms with Gasteiger partial charge in [-0.25, -0.2) is 0 Å². The number of carbonyl (C=O) groups excluding carboxylic acids is 2. The third-order valence-corrected chi connectivity index (χ3v) is 6.86. The van der Waals surface area contributed by atoms with Gasteiger partial charge in [-0.2, -0.15) is 5.10 Å². The van der Waals surface area contributed by atoms with Crippen molar-refractivity contribution in [3.05, 3.63) is 47.2 Å². The second-order valence-corrected chi connectivity index (χ2v) is 8.88. The minimum absolute atomic E-state index is 0.0168. The average molecular weight is 429 g/mol. The Kier molecular flexibility index (Phi) is 6.14. The summed E-state index contributed by atoms with van der Waals surface area (Å²) in [4.78, 5) is 28.2. The van der Waals surface area contributed by atoms with E-state index in [1.807, 2.05) is 42.3 Å². The number of hydrogen-bond acceptors (Lipinski definition) is 3. The molecule has 1 aromatic carbocycles. The van der Waals surface area contributed by atoms with Crippen LogP contribution in [-0.2, 0) is 21.5 Å². The quantitative estimate of drug-likeness (QED) is 0.774. The minimum atomic E-state index is -0.464. The van der Waals surface area contributed by atoms with Gasteiger partial charge in [0.05, 0.1) is 17.3 Å². The summed E-state index contributed by atoms with van der Waals surface area (Å²) in [5.74, 6) is 0.137. The van der Waals surface area contributed by atoms with Gasteiger partial charge in [-0.1, -0.05) is 36.6 Å². The highest BCUT2D eigenvalue weighted by molar-refractivity contribution is 6.30. The Labute approximate surface area is 182 Å². The van der Waals surface area contributed by atoms with Crippen LogP contribution in [0, 0.1) is 5.92 Å². The van der Waals surface area contributed by atoms with E-state index < -0.39 is 5.41 Å². The molecule has 2 aromatic rings. The van der Waals surface area contributed by atoms with Gasteiger partial charge in [0.25, 0.3) is 0 Å². The van der Waals surface area contributed by atoms with Crippen LogP contribution in [0.5, 0.6) is 0 Å². The number of anilines is 1. The van der Waals surface area contributed by atoms with Crippen molar-refractivity contribution < 1.29 is 9.59 Å². The predicted molar refractivity (Wildman–Crippen MR) is 117 cm³/mol. The summed E-state index contributed by atoms with van der Waals surface area (Å²) in [6.07, 6.45) is 8.74. The molecule has 2 amide bonds. The Balaban J connectivity index is 1.40. The molecule has 1 N–H and O–H groups in total. The first-order chi connectivity index (χ1) is 14.5. The van der Waals surface area contributed by atoms with Crippen molar-refractivity contribution in [3.63, 3.8) is 0 Å². The Morgan fingerprint density at radius 2 is 1.97 bits per heavy atom. The van der Waals surface area contributed by atoms with Crippen molar-refractivity contribution in [1.29, 1.82) is 0 Å². The number of likely N-dealkylation sites (tertiary alicyclic amines) is 1. The third-order valence-electron chi connectivity index (χ3n) is 6.62. The van der Waals surface area contributed by atoms with Crippen LogP contribution in [0.2, 0.25) is 5.02 Å². The predicted octanol–water partition coefficient (Wildman–Crippen LogP) is 4.25. The zero-order chi connectivity index (χ0) is 21.1. The van der Waals surface area contributed by atoms with E-state index in [4.69, 9.17) is 11.6 Å². The number of piperidine rings is 1. The maximum Gasteiger partial charge on any atom is 0.233 e. The third kappa shape index (κ3) is 4.10. The Morgan fingerprint density at radius 1 is 1.23 bits per heavy atom. The van der Waals surface area contributed by atoms with E-state index in [1.165, 1.54) is 0 Å². The normalized spacial score (nSPS) is 19.1. The molecule has 1 saturated carbocycles. The van der Waals surface area contributed by atoms with Gasteiger partial charge in [0, 0.05) is 36.8 Å². The van der Waals surface area contributed by atoms with Crippen LogP contribution in [0.3, 0.4) is 0 Å². The second kappa shape index (κ2) is 8.80. The Morgan fingerprint density at radius 3 is 2.60 bits per heavy atom. The molecular formula is C23H29ClN4O2. The van der Waals surface area contributed by atoms with Crippen LogP contribution < -0.4 is 5.32 Å². The summed E-state index contributed by atoms with van der Waals surface area (Å²) >= 11 is 6.23. The molecule has 0 radical (unpaired) electrons. The number of aryl methyl sites for hydroxylation is 1. The van der Waals surface area contributed by atoms with Crippen LogP contribution in [0.4, 0.5) is 5.69 Å². The molecule has 30 heavy (non-hydrogen) atoms. The number of halogens is 1. The van der Waals surface area contributed by atoms with Gasteiger partial charge >= 0.3 is 0 Å². The largest absolute Gasteiger partial charge is 0.342 e. The molecule has 1 aliphatic heterocycles. The summed E-state index contributed by atoms with van der Waals surface area (Å²) < 4.78 is 1.79. The van der Waals surface area contributed by atoms with Gasteiger partial charge in [-0.05, 0) is 50.3 Å². The van der Waals surface area contributed by atoms with Crippen LogP contribution in [0.25, 0.3) is 0 Å². The fourth-order valence-corrected chi connectivity index (χ4v) is 5.07. The van der Waals surface area contributed by atoms with Gasteiger partial charge in [-0.15, -0.1) is 0 Å². The highest BCUT2D eigenvalue weighted by Crippen LogP contribution is 2.43. The summed E-state index contributed by atoms with van der Waals surface area (Å²) in [5.41, 5.74) is 1.30. The van der Waals surface area contributed by atoms with E-state index in [1.54, 1.807) is 10.9 Å². The van der Waals surface area contributed by atoms with Crippen molar-refractivity contribution in [3.8, 4) is 0 Å². The van der Waals surface area contributed by atoms with Crippen molar-refractivity contribution in [1.82, 2.24) is 14.7 Å². The fourth-order valence-electron chi connectivity index (χ4n) is 4.88. The molecule has 1 saturated heterocycles. The molecule has 1 aliphatic carbocycles. The molecule has 0 atom stereocenters. The zero-order valence-electron chi connectivity index (χ0n) is 17.4. The molecular weight excluding hydrogens is 400 g/mol. The number of amides is 2. The van der Waals surface area contributed by atoms with E-state index in [0.29, 0.717) is 31.0 Å². The molecule has 160 valence electrons. The first-order valence-electron chi connectivity index (χ1n) is 10.9.